The molecular weight excluding hydrogens is 366 g/mol. The van der Waals surface area contributed by atoms with Gasteiger partial charge < -0.3 is 9.52 Å². The summed E-state index contributed by atoms with van der Waals surface area (Å²) in [7, 11) is 0. The van der Waals surface area contributed by atoms with E-state index in [1.54, 1.807) is 12.1 Å². The minimum atomic E-state index is -0.616. The van der Waals surface area contributed by atoms with Crippen molar-refractivity contribution < 1.29 is 19.1 Å². The van der Waals surface area contributed by atoms with Crippen LogP contribution >= 0.6 is 11.8 Å². The Morgan fingerprint density at radius 2 is 1.81 bits per heavy atom. The molecule has 0 atom stereocenters. The number of hydrogen-bond donors (Lipinski definition) is 1. The molecule has 134 valence electrons. The fourth-order valence-corrected chi connectivity index (χ4v) is 3.69. The summed E-state index contributed by atoms with van der Waals surface area (Å²) in [6.45, 7) is -0.0519. The summed E-state index contributed by atoms with van der Waals surface area (Å²) in [5.74, 6) is -0.450. The molecular formula is C20H13NO5S. The van der Waals surface area contributed by atoms with Gasteiger partial charge in [0.1, 0.15) is 11.3 Å². The minimum absolute atomic E-state index is 0.0419. The number of hydrogen-bond acceptors (Lipinski definition) is 6. The van der Waals surface area contributed by atoms with Crippen LogP contribution in [-0.4, -0.2) is 21.2 Å². The topological polar surface area (TPSA) is 87.8 Å². The maximum absolute atomic E-state index is 12.7. The number of benzene rings is 2. The highest BCUT2D eigenvalue weighted by Crippen LogP contribution is 2.34. The van der Waals surface area contributed by atoms with E-state index in [1.807, 2.05) is 30.3 Å². The van der Waals surface area contributed by atoms with Gasteiger partial charge in [-0.3, -0.25) is 14.5 Å². The number of carbonyl (C=O) groups excluding carboxylic acids is 2. The van der Waals surface area contributed by atoms with Gasteiger partial charge in [0.15, 0.2) is 0 Å². The standard InChI is InChI=1S/C20H13NO5S/c22-14-6-7-15-13(9-18(23)26-16(15)10-14)11-21-19(24)17(27-20(21)25)8-12-4-2-1-3-5-12/h1-10,22H,11H2/b17-8-. The van der Waals surface area contributed by atoms with Crippen molar-refractivity contribution in [1.29, 1.82) is 0 Å². The number of fused-ring (bicyclic) bond motifs is 1. The van der Waals surface area contributed by atoms with Gasteiger partial charge in [0.05, 0.1) is 11.4 Å². The number of aromatic hydroxyl groups is 1. The SMILES string of the molecule is O=C1S/C(=C\c2ccccc2)C(=O)N1Cc1cc(=O)oc2cc(O)ccc12. The lowest BCUT2D eigenvalue weighted by molar-refractivity contribution is -0.123. The van der Waals surface area contributed by atoms with E-state index in [0.717, 1.165) is 22.2 Å². The van der Waals surface area contributed by atoms with Gasteiger partial charge >= 0.3 is 5.63 Å². The summed E-state index contributed by atoms with van der Waals surface area (Å²) in [4.78, 5) is 38.3. The molecule has 0 radical (unpaired) electrons. The summed E-state index contributed by atoms with van der Waals surface area (Å²) in [6, 6.07) is 14.9. The van der Waals surface area contributed by atoms with Gasteiger partial charge in [-0.25, -0.2) is 4.79 Å². The van der Waals surface area contributed by atoms with Gasteiger partial charge in [-0.05, 0) is 41.1 Å². The molecule has 1 N–H and O–H groups in total. The van der Waals surface area contributed by atoms with Crippen LogP contribution in [0.3, 0.4) is 0 Å². The highest BCUT2D eigenvalue weighted by Gasteiger charge is 2.35. The second kappa shape index (κ2) is 6.77. The quantitative estimate of drug-likeness (QED) is 0.551. The fraction of sp³-hybridized carbons (Fsp3) is 0.0500. The first-order chi connectivity index (χ1) is 13.0. The molecule has 0 aliphatic carbocycles. The number of nitrogens with zero attached hydrogens (tertiary/aromatic N) is 1. The lowest BCUT2D eigenvalue weighted by atomic mass is 10.1. The fourth-order valence-electron chi connectivity index (χ4n) is 2.86. The van der Waals surface area contributed by atoms with Gasteiger partial charge in [0.2, 0.25) is 0 Å². The Bertz CT molecular complexity index is 1150. The summed E-state index contributed by atoms with van der Waals surface area (Å²) < 4.78 is 5.08. The smallest absolute Gasteiger partial charge is 0.336 e. The van der Waals surface area contributed by atoms with Crippen LogP contribution in [-0.2, 0) is 11.3 Å². The molecule has 0 bridgehead atoms. The number of phenolic OH excluding ortho intramolecular Hbond substituents is 1. The molecule has 1 aliphatic heterocycles. The summed E-state index contributed by atoms with van der Waals surface area (Å²) in [6.07, 6.45) is 1.67. The van der Waals surface area contributed by atoms with Crippen LogP contribution in [0, 0.1) is 0 Å². The summed E-state index contributed by atoms with van der Waals surface area (Å²) in [5, 5.41) is 9.72. The third kappa shape index (κ3) is 3.37. The van der Waals surface area contributed by atoms with Crippen LogP contribution < -0.4 is 5.63 Å². The number of carbonyl (C=O) groups is 2. The Morgan fingerprint density at radius 3 is 2.59 bits per heavy atom. The van der Waals surface area contributed by atoms with Crippen LogP contribution in [0.25, 0.3) is 17.0 Å². The second-order valence-electron chi connectivity index (χ2n) is 5.95. The van der Waals surface area contributed by atoms with Crippen LogP contribution in [0.2, 0.25) is 0 Å². The highest BCUT2D eigenvalue weighted by atomic mass is 32.2. The zero-order valence-electron chi connectivity index (χ0n) is 13.9. The average Bonchev–Trinajstić information content (AvgIpc) is 2.89. The van der Waals surface area contributed by atoms with E-state index >= 15 is 0 Å². The molecule has 6 nitrogen and oxygen atoms in total. The zero-order valence-corrected chi connectivity index (χ0v) is 14.7. The highest BCUT2D eigenvalue weighted by molar-refractivity contribution is 8.18. The second-order valence-corrected chi connectivity index (χ2v) is 6.94. The summed E-state index contributed by atoms with van der Waals surface area (Å²) in [5.41, 5.74) is 0.882. The van der Waals surface area contributed by atoms with Crippen LogP contribution in [0.5, 0.6) is 5.75 Å². The molecule has 2 amide bonds. The maximum atomic E-state index is 12.7. The van der Waals surface area contributed by atoms with Crippen molar-refractivity contribution >= 4 is 40.0 Å². The Hall–Kier alpha value is -3.32. The number of amides is 2. The number of phenols is 1. The van der Waals surface area contributed by atoms with Gasteiger partial charge in [-0.2, -0.15) is 0 Å². The predicted molar refractivity (Wildman–Crippen MR) is 102 cm³/mol. The maximum Gasteiger partial charge on any atom is 0.336 e. The van der Waals surface area contributed by atoms with Crippen molar-refractivity contribution in [3.05, 3.63) is 81.0 Å². The Morgan fingerprint density at radius 1 is 1.04 bits per heavy atom. The van der Waals surface area contributed by atoms with E-state index in [0.29, 0.717) is 15.9 Å². The average molecular weight is 379 g/mol. The van der Waals surface area contributed by atoms with E-state index < -0.39 is 16.8 Å². The first kappa shape index (κ1) is 17.1. The Kier molecular flexibility index (Phi) is 4.29. The number of rotatable bonds is 3. The number of imide groups is 1. The predicted octanol–water partition coefficient (Wildman–Crippen LogP) is 3.74. The van der Waals surface area contributed by atoms with E-state index in [1.165, 1.54) is 18.2 Å². The van der Waals surface area contributed by atoms with Crippen molar-refractivity contribution in [2.75, 3.05) is 0 Å². The molecule has 2 heterocycles. The molecule has 1 fully saturated rings. The third-order valence-electron chi connectivity index (χ3n) is 4.11. The normalized spacial score (nSPS) is 15.9. The van der Waals surface area contributed by atoms with Crippen LogP contribution in [0.15, 0.2) is 68.7 Å². The first-order valence-corrected chi connectivity index (χ1v) is 8.89. The molecule has 2 aromatic carbocycles. The van der Waals surface area contributed by atoms with Gasteiger partial charge in [0.25, 0.3) is 11.1 Å². The van der Waals surface area contributed by atoms with Crippen molar-refractivity contribution in [1.82, 2.24) is 4.90 Å². The minimum Gasteiger partial charge on any atom is -0.508 e. The van der Waals surface area contributed by atoms with Crippen molar-refractivity contribution in [2.45, 2.75) is 6.54 Å². The molecule has 1 aromatic heterocycles. The van der Waals surface area contributed by atoms with E-state index in [2.05, 4.69) is 0 Å². The lowest BCUT2D eigenvalue weighted by Crippen LogP contribution is -2.28. The molecule has 0 saturated carbocycles. The van der Waals surface area contributed by atoms with Crippen molar-refractivity contribution in [3.63, 3.8) is 0 Å². The van der Waals surface area contributed by atoms with Crippen molar-refractivity contribution in [2.24, 2.45) is 0 Å². The monoisotopic (exact) mass is 379 g/mol. The molecule has 4 rings (SSSR count). The van der Waals surface area contributed by atoms with Crippen LogP contribution in [0.1, 0.15) is 11.1 Å². The molecule has 1 aliphatic rings. The molecule has 1 saturated heterocycles. The Balaban J connectivity index is 1.68. The molecule has 7 heteroatoms. The molecule has 27 heavy (non-hydrogen) atoms. The lowest BCUT2D eigenvalue weighted by Gasteiger charge is -2.13. The Labute approximate surface area is 157 Å². The molecule has 0 unspecified atom stereocenters. The molecule has 3 aromatic rings. The largest absolute Gasteiger partial charge is 0.508 e. The van der Waals surface area contributed by atoms with E-state index in [9.17, 15) is 19.5 Å². The van der Waals surface area contributed by atoms with E-state index in [4.69, 9.17) is 4.42 Å². The van der Waals surface area contributed by atoms with Crippen LogP contribution in [0.4, 0.5) is 4.79 Å². The van der Waals surface area contributed by atoms with Crippen molar-refractivity contribution in [3.8, 4) is 5.75 Å². The molecule has 0 spiro atoms. The van der Waals surface area contributed by atoms with Gasteiger partial charge in [-0.15, -0.1) is 0 Å². The number of thioether (sulfide) groups is 1. The third-order valence-corrected chi connectivity index (χ3v) is 5.02. The van der Waals surface area contributed by atoms with Gasteiger partial charge in [-0.1, -0.05) is 30.3 Å². The zero-order chi connectivity index (χ0) is 19.0. The first-order valence-electron chi connectivity index (χ1n) is 8.07. The van der Waals surface area contributed by atoms with E-state index in [-0.39, 0.29) is 17.9 Å². The summed E-state index contributed by atoms with van der Waals surface area (Å²) >= 11 is 0.865. The van der Waals surface area contributed by atoms with Gasteiger partial charge in [0, 0.05) is 17.5 Å².